The largest absolute Gasteiger partial charge is 0.322 e. The summed E-state index contributed by atoms with van der Waals surface area (Å²) in [5.74, 6) is -0.374. The molecule has 0 unspecified atom stereocenters. The summed E-state index contributed by atoms with van der Waals surface area (Å²) in [5, 5.41) is 0.783. The Hall–Kier alpha value is -2.10. The number of hydrogen-bond donors (Lipinski definition) is 0. The number of ketones is 1. The van der Waals surface area contributed by atoms with Gasteiger partial charge in [0.2, 0.25) is 5.91 Å². The number of Topliss-reactive ketones (excluding diaryl/α,β-unsaturated/α-hetero) is 1. The molecule has 0 aliphatic carbocycles. The number of carbonyl (C=O) groups excluding carboxylic acids is 2. The highest BCUT2D eigenvalue weighted by molar-refractivity contribution is 6.35. The molecule has 134 valence electrons. The molecule has 1 amide bonds. The summed E-state index contributed by atoms with van der Waals surface area (Å²) in [7, 11) is 0. The fourth-order valence-corrected chi connectivity index (χ4v) is 3.62. The van der Waals surface area contributed by atoms with E-state index in [0.717, 1.165) is 16.7 Å². The van der Waals surface area contributed by atoms with E-state index < -0.39 is 5.54 Å². The van der Waals surface area contributed by atoms with Crippen molar-refractivity contribution in [2.24, 2.45) is 0 Å². The van der Waals surface area contributed by atoms with Crippen LogP contribution in [0, 0.1) is 6.92 Å². The minimum atomic E-state index is -1.02. The molecule has 2 aromatic carbocycles. The van der Waals surface area contributed by atoms with Crippen LogP contribution in [0.4, 0.5) is 0 Å². The summed E-state index contributed by atoms with van der Waals surface area (Å²) in [5.41, 5.74) is 2.42. The Bertz CT molecular complexity index is 894. The van der Waals surface area contributed by atoms with Gasteiger partial charge in [-0.3, -0.25) is 9.59 Å². The Labute approximate surface area is 163 Å². The van der Waals surface area contributed by atoms with Crippen molar-refractivity contribution in [3.05, 3.63) is 75.3 Å². The van der Waals surface area contributed by atoms with Crippen molar-refractivity contribution in [3.63, 3.8) is 0 Å². The fourth-order valence-electron chi connectivity index (χ4n) is 3.10. The maximum atomic E-state index is 13.1. The van der Waals surface area contributed by atoms with E-state index in [9.17, 15) is 9.59 Å². The Morgan fingerprint density at radius 1 is 1.04 bits per heavy atom. The predicted octanol–water partition coefficient (Wildman–Crippen LogP) is 5.19. The molecule has 0 radical (unpaired) electrons. The summed E-state index contributed by atoms with van der Waals surface area (Å²) >= 11 is 12.0. The standard InChI is InChI=1S/C21H19Cl2NO2/c1-13-4-6-14(7-5-13)16-10-19(25)24(12-16)21(2,3)20(26)15-8-17(22)11-18(23)9-15/h4-11H,12H2,1-3H3. The lowest BCUT2D eigenvalue weighted by Gasteiger charge is -2.34. The van der Waals surface area contributed by atoms with Gasteiger partial charge in [-0.05, 0) is 50.1 Å². The molecule has 0 saturated heterocycles. The summed E-state index contributed by atoms with van der Waals surface area (Å²) in [4.78, 5) is 27.2. The normalized spacial score (nSPS) is 14.6. The van der Waals surface area contributed by atoms with Gasteiger partial charge in [0.15, 0.2) is 5.78 Å². The molecule has 0 aromatic heterocycles. The van der Waals surface area contributed by atoms with Crippen LogP contribution in [0.15, 0.2) is 48.5 Å². The van der Waals surface area contributed by atoms with E-state index >= 15 is 0 Å². The third kappa shape index (κ3) is 3.55. The minimum Gasteiger partial charge on any atom is -0.322 e. The molecule has 2 aromatic rings. The maximum Gasteiger partial charge on any atom is 0.248 e. The van der Waals surface area contributed by atoms with Gasteiger partial charge in [-0.15, -0.1) is 0 Å². The van der Waals surface area contributed by atoms with Gasteiger partial charge < -0.3 is 4.90 Å². The van der Waals surface area contributed by atoms with Crippen molar-refractivity contribution in [3.8, 4) is 0 Å². The Balaban J connectivity index is 1.87. The van der Waals surface area contributed by atoms with Crippen LogP contribution in [0.3, 0.4) is 0 Å². The van der Waals surface area contributed by atoms with E-state index in [1.54, 1.807) is 43.0 Å². The first-order chi connectivity index (χ1) is 12.2. The number of hydrogen-bond acceptors (Lipinski definition) is 2. The fraction of sp³-hybridized carbons (Fsp3) is 0.238. The van der Waals surface area contributed by atoms with Gasteiger partial charge in [-0.1, -0.05) is 53.0 Å². The zero-order chi connectivity index (χ0) is 19.1. The molecule has 0 fully saturated rings. The zero-order valence-corrected chi connectivity index (χ0v) is 16.4. The number of benzene rings is 2. The number of halogens is 2. The minimum absolute atomic E-state index is 0.174. The third-order valence-corrected chi connectivity index (χ3v) is 5.11. The van der Waals surface area contributed by atoms with Gasteiger partial charge in [0, 0.05) is 28.2 Å². The maximum absolute atomic E-state index is 13.1. The Morgan fingerprint density at radius 2 is 1.62 bits per heavy atom. The van der Waals surface area contributed by atoms with Crippen LogP contribution in [0.2, 0.25) is 10.0 Å². The van der Waals surface area contributed by atoms with E-state index in [4.69, 9.17) is 23.2 Å². The molecule has 0 N–H and O–H groups in total. The second kappa shape index (κ2) is 6.90. The van der Waals surface area contributed by atoms with Gasteiger partial charge in [-0.2, -0.15) is 0 Å². The zero-order valence-electron chi connectivity index (χ0n) is 14.8. The van der Waals surface area contributed by atoms with Gasteiger partial charge in [0.05, 0.1) is 0 Å². The van der Waals surface area contributed by atoms with Crippen LogP contribution >= 0.6 is 23.2 Å². The second-order valence-electron chi connectivity index (χ2n) is 7.01. The van der Waals surface area contributed by atoms with Gasteiger partial charge in [0.25, 0.3) is 0 Å². The van der Waals surface area contributed by atoms with Crippen molar-refractivity contribution in [2.75, 3.05) is 6.54 Å². The molecule has 1 aliphatic rings. The number of nitrogens with zero attached hydrogens (tertiary/aromatic N) is 1. The smallest absolute Gasteiger partial charge is 0.248 e. The number of aryl methyl sites for hydroxylation is 1. The van der Waals surface area contributed by atoms with E-state index in [0.29, 0.717) is 22.2 Å². The molecule has 0 bridgehead atoms. The molecular formula is C21H19Cl2NO2. The molecule has 3 nitrogen and oxygen atoms in total. The average molecular weight is 388 g/mol. The highest BCUT2D eigenvalue weighted by Crippen LogP contribution is 2.31. The molecule has 0 saturated carbocycles. The van der Waals surface area contributed by atoms with Crippen LogP contribution < -0.4 is 0 Å². The Kier molecular flexibility index (Phi) is 4.96. The van der Waals surface area contributed by atoms with Crippen LogP contribution in [0.25, 0.3) is 5.57 Å². The molecule has 1 heterocycles. The van der Waals surface area contributed by atoms with Crippen molar-refractivity contribution in [1.29, 1.82) is 0 Å². The van der Waals surface area contributed by atoms with Crippen molar-refractivity contribution in [1.82, 2.24) is 4.90 Å². The van der Waals surface area contributed by atoms with E-state index in [2.05, 4.69) is 0 Å². The molecule has 3 rings (SSSR count). The average Bonchev–Trinajstić information content (AvgIpc) is 2.96. The first kappa shape index (κ1) is 18.7. The van der Waals surface area contributed by atoms with Crippen LogP contribution in [0.1, 0.15) is 35.3 Å². The molecule has 0 spiro atoms. The Morgan fingerprint density at radius 3 is 2.19 bits per heavy atom. The van der Waals surface area contributed by atoms with E-state index in [-0.39, 0.29) is 11.7 Å². The number of rotatable bonds is 4. The molecule has 5 heteroatoms. The van der Waals surface area contributed by atoms with E-state index in [1.807, 2.05) is 31.2 Å². The second-order valence-corrected chi connectivity index (χ2v) is 7.88. The topological polar surface area (TPSA) is 37.4 Å². The van der Waals surface area contributed by atoms with Gasteiger partial charge in [-0.25, -0.2) is 0 Å². The van der Waals surface area contributed by atoms with Crippen LogP contribution in [-0.4, -0.2) is 28.7 Å². The lowest BCUT2D eigenvalue weighted by Crippen LogP contribution is -2.51. The highest BCUT2D eigenvalue weighted by atomic mass is 35.5. The SMILES string of the molecule is Cc1ccc(C2=CC(=O)N(C(C)(C)C(=O)c3cc(Cl)cc(Cl)c3)C2)cc1. The summed E-state index contributed by atoms with van der Waals surface area (Å²) in [6.07, 6.45) is 1.60. The summed E-state index contributed by atoms with van der Waals surface area (Å²) in [6.45, 7) is 5.89. The molecular weight excluding hydrogens is 369 g/mol. The van der Waals surface area contributed by atoms with Gasteiger partial charge >= 0.3 is 0 Å². The number of carbonyl (C=O) groups is 2. The molecule has 1 aliphatic heterocycles. The predicted molar refractivity (Wildman–Crippen MR) is 106 cm³/mol. The third-order valence-electron chi connectivity index (χ3n) is 4.67. The van der Waals surface area contributed by atoms with Crippen molar-refractivity contribution >= 4 is 40.5 Å². The summed E-state index contributed by atoms with van der Waals surface area (Å²) < 4.78 is 0. The van der Waals surface area contributed by atoms with Gasteiger partial charge in [0.1, 0.15) is 5.54 Å². The monoisotopic (exact) mass is 387 g/mol. The van der Waals surface area contributed by atoms with E-state index in [1.165, 1.54) is 0 Å². The molecule has 26 heavy (non-hydrogen) atoms. The first-order valence-corrected chi connectivity index (χ1v) is 9.04. The van der Waals surface area contributed by atoms with Crippen molar-refractivity contribution in [2.45, 2.75) is 26.3 Å². The number of amides is 1. The van der Waals surface area contributed by atoms with Crippen molar-refractivity contribution < 1.29 is 9.59 Å². The first-order valence-electron chi connectivity index (χ1n) is 8.28. The summed E-state index contributed by atoms with van der Waals surface area (Å²) in [6, 6.07) is 12.7. The highest BCUT2D eigenvalue weighted by Gasteiger charge is 2.40. The van der Waals surface area contributed by atoms with Crippen LogP contribution in [-0.2, 0) is 4.79 Å². The molecule has 0 atom stereocenters. The lowest BCUT2D eigenvalue weighted by molar-refractivity contribution is -0.127. The van der Waals surface area contributed by atoms with Crippen LogP contribution in [0.5, 0.6) is 0 Å². The lowest BCUT2D eigenvalue weighted by atomic mass is 9.91. The quantitative estimate of drug-likeness (QED) is 0.676.